The zero-order valence-electron chi connectivity index (χ0n) is 16.4. The van der Waals surface area contributed by atoms with Crippen molar-refractivity contribution in [3.8, 4) is 11.3 Å². The zero-order valence-corrected chi connectivity index (χ0v) is 16.4. The standard InChI is InChI=1S/C23H23N5O/c1-27-16-20(19-4-2-3-5-22(19)27)21-10-11-24-23(26-21)25-17-6-8-18(9-7-17)28-12-14-29-15-13-28/h2-11,16H,12-15H2,1H3,(H,24,25,26). The number of aryl methyl sites for hydroxylation is 1. The molecular formula is C23H23N5O. The van der Waals surface area contributed by atoms with E-state index in [1.807, 2.05) is 6.07 Å². The molecule has 1 aliphatic heterocycles. The van der Waals surface area contributed by atoms with Gasteiger partial charge < -0.3 is 19.5 Å². The number of ether oxygens (including phenoxy) is 1. The summed E-state index contributed by atoms with van der Waals surface area (Å²) in [6.45, 7) is 3.44. The summed E-state index contributed by atoms with van der Waals surface area (Å²) >= 11 is 0. The molecule has 29 heavy (non-hydrogen) atoms. The Hall–Kier alpha value is -3.38. The van der Waals surface area contributed by atoms with E-state index in [4.69, 9.17) is 9.72 Å². The molecule has 2 aromatic heterocycles. The number of aromatic nitrogens is 3. The molecule has 5 rings (SSSR count). The number of rotatable bonds is 4. The van der Waals surface area contributed by atoms with E-state index >= 15 is 0 Å². The Kier molecular flexibility index (Phi) is 4.62. The van der Waals surface area contributed by atoms with Crippen LogP contribution in [0.1, 0.15) is 0 Å². The fraction of sp³-hybridized carbons (Fsp3) is 0.217. The first-order valence-corrected chi connectivity index (χ1v) is 9.85. The van der Waals surface area contributed by atoms with Crippen LogP contribution in [0, 0.1) is 0 Å². The lowest BCUT2D eigenvalue weighted by molar-refractivity contribution is 0.122. The number of hydrogen-bond acceptors (Lipinski definition) is 5. The number of benzene rings is 2. The summed E-state index contributed by atoms with van der Waals surface area (Å²) in [5, 5.41) is 4.52. The highest BCUT2D eigenvalue weighted by atomic mass is 16.5. The molecule has 0 aliphatic carbocycles. The van der Waals surface area contributed by atoms with Crippen molar-refractivity contribution in [2.75, 3.05) is 36.5 Å². The smallest absolute Gasteiger partial charge is 0.227 e. The molecule has 0 saturated carbocycles. The first-order chi connectivity index (χ1) is 14.3. The maximum absolute atomic E-state index is 5.43. The minimum absolute atomic E-state index is 0.592. The van der Waals surface area contributed by atoms with Crippen molar-refractivity contribution in [3.05, 3.63) is 67.0 Å². The van der Waals surface area contributed by atoms with E-state index in [2.05, 4.69) is 81.5 Å². The molecule has 4 aromatic rings. The Labute approximate surface area is 169 Å². The first-order valence-electron chi connectivity index (χ1n) is 9.85. The highest BCUT2D eigenvalue weighted by Crippen LogP contribution is 2.29. The van der Waals surface area contributed by atoms with E-state index in [0.717, 1.165) is 43.2 Å². The minimum Gasteiger partial charge on any atom is -0.378 e. The molecule has 1 fully saturated rings. The largest absolute Gasteiger partial charge is 0.378 e. The van der Waals surface area contributed by atoms with Crippen LogP contribution in [0.2, 0.25) is 0 Å². The van der Waals surface area contributed by atoms with Crippen molar-refractivity contribution >= 4 is 28.2 Å². The van der Waals surface area contributed by atoms with Gasteiger partial charge in [-0.15, -0.1) is 0 Å². The van der Waals surface area contributed by atoms with Gasteiger partial charge in [-0.05, 0) is 36.4 Å². The van der Waals surface area contributed by atoms with Crippen molar-refractivity contribution in [1.82, 2.24) is 14.5 Å². The first kappa shape index (κ1) is 17.7. The van der Waals surface area contributed by atoms with Crippen LogP contribution in [0.15, 0.2) is 67.0 Å². The number of para-hydroxylation sites is 1. The summed E-state index contributed by atoms with van der Waals surface area (Å²) in [6.07, 6.45) is 3.92. The SMILES string of the molecule is Cn1cc(-c2ccnc(Nc3ccc(N4CCOCC4)cc3)n2)c2ccccc21. The van der Waals surface area contributed by atoms with Crippen LogP contribution in [-0.2, 0) is 11.8 Å². The van der Waals surface area contributed by atoms with Gasteiger partial charge in [0.1, 0.15) is 0 Å². The normalized spacial score (nSPS) is 14.3. The van der Waals surface area contributed by atoms with Gasteiger partial charge in [0.25, 0.3) is 0 Å². The van der Waals surface area contributed by atoms with Crippen LogP contribution in [0.4, 0.5) is 17.3 Å². The van der Waals surface area contributed by atoms with E-state index in [9.17, 15) is 0 Å². The van der Waals surface area contributed by atoms with Crippen LogP contribution < -0.4 is 10.2 Å². The van der Waals surface area contributed by atoms with Gasteiger partial charge in [0.15, 0.2) is 0 Å². The molecule has 1 N–H and O–H groups in total. The number of fused-ring (bicyclic) bond motifs is 1. The number of nitrogens with zero attached hydrogens (tertiary/aromatic N) is 4. The van der Waals surface area contributed by atoms with Crippen molar-refractivity contribution < 1.29 is 4.74 Å². The van der Waals surface area contributed by atoms with Gasteiger partial charge in [-0.25, -0.2) is 9.97 Å². The number of anilines is 3. The van der Waals surface area contributed by atoms with Gasteiger partial charge in [-0.3, -0.25) is 0 Å². The van der Waals surface area contributed by atoms with Crippen LogP contribution in [0.25, 0.3) is 22.2 Å². The van der Waals surface area contributed by atoms with Crippen molar-refractivity contribution in [2.45, 2.75) is 0 Å². The monoisotopic (exact) mass is 385 g/mol. The second-order valence-electron chi connectivity index (χ2n) is 7.21. The Balaban J connectivity index is 1.39. The molecule has 0 bridgehead atoms. The van der Waals surface area contributed by atoms with Gasteiger partial charge in [0, 0.05) is 60.4 Å². The highest BCUT2D eigenvalue weighted by molar-refractivity contribution is 5.95. The Morgan fingerprint density at radius 2 is 1.76 bits per heavy atom. The summed E-state index contributed by atoms with van der Waals surface area (Å²) in [7, 11) is 2.06. The van der Waals surface area contributed by atoms with Crippen LogP contribution in [-0.4, -0.2) is 40.8 Å². The van der Waals surface area contributed by atoms with Crippen molar-refractivity contribution in [3.63, 3.8) is 0 Å². The molecule has 6 nitrogen and oxygen atoms in total. The molecule has 0 atom stereocenters. The summed E-state index contributed by atoms with van der Waals surface area (Å²) in [6, 6.07) is 18.7. The Morgan fingerprint density at radius 1 is 0.966 bits per heavy atom. The third kappa shape index (κ3) is 3.54. The van der Waals surface area contributed by atoms with Gasteiger partial charge in [-0.1, -0.05) is 18.2 Å². The minimum atomic E-state index is 0.592. The van der Waals surface area contributed by atoms with E-state index < -0.39 is 0 Å². The van der Waals surface area contributed by atoms with E-state index in [0.29, 0.717) is 5.95 Å². The van der Waals surface area contributed by atoms with Crippen molar-refractivity contribution in [2.24, 2.45) is 7.05 Å². The maximum atomic E-state index is 5.43. The molecular weight excluding hydrogens is 362 g/mol. The number of morpholine rings is 1. The zero-order chi connectivity index (χ0) is 19.6. The average molecular weight is 385 g/mol. The molecule has 0 amide bonds. The lowest BCUT2D eigenvalue weighted by Crippen LogP contribution is -2.36. The molecule has 3 heterocycles. The molecule has 0 radical (unpaired) electrons. The predicted octanol–water partition coefficient (Wildman–Crippen LogP) is 4.22. The van der Waals surface area contributed by atoms with Crippen molar-refractivity contribution in [1.29, 1.82) is 0 Å². The molecule has 2 aromatic carbocycles. The fourth-order valence-electron chi connectivity index (χ4n) is 3.82. The lowest BCUT2D eigenvalue weighted by Gasteiger charge is -2.28. The van der Waals surface area contributed by atoms with E-state index in [1.54, 1.807) is 6.20 Å². The maximum Gasteiger partial charge on any atom is 0.227 e. The third-order valence-corrected chi connectivity index (χ3v) is 5.33. The molecule has 6 heteroatoms. The predicted molar refractivity (Wildman–Crippen MR) is 117 cm³/mol. The molecule has 0 spiro atoms. The van der Waals surface area contributed by atoms with Crippen LogP contribution in [0.5, 0.6) is 0 Å². The second-order valence-corrected chi connectivity index (χ2v) is 7.21. The molecule has 1 saturated heterocycles. The summed E-state index contributed by atoms with van der Waals surface area (Å²) in [5.41, 5.74) is 5.39. The third-order valence-electron chi connectivity index (χ3n) is 5.33. The number of nitrogens with one attached hydrogen (secondary N) is 1. The fourth-order valence-corrected chi connectivity index (χ4v) is 3.82. The lowest BCUT2D eigenvalue weighted by atomic mass is 10.1. The quantitative estimate of drug-likeness (QED) is 0.570. The average Bonchev–Trinajstić information content (AvgIpc) is 3.12. The molecule has 0 unspecified atom stereocenters. The topological polar surface area (TPSA) is 55.2 Å². The van der Waals surface area contributed by atoms with Crippen LogP contribution in [0.3, 0.4) is 0 Å². The Bertz CT molecular complexity index is 1130. The molecule has 146 valence electrons. The molecule has 1 aliphatic rings. The van der Waals surface area contributed by atoms with Gasteiger partial charge in [0.2, 0.25) is 5.95 Å². The van der Waals surface area contributed by atoms with Gasteiger partial charge >= 0.3 is 0 Å². The van der Waals surface area contributed by atoms with Gasteiger partial charge in [-0.2, -0.15) is 0 Å². The summed E-state index contributed by atoms with van der Waals surface area (Å²) < 4.78 is 7.56. The van der Waals surface area contributed by atoms with E-state index in [1.165, 1.54) is 16.6 Å². The van der Waals surface area contributed by atoms with E-state index in [-0.39, 0.29) is 0 Å². The van der Waals surface area contributed by atoms with Gasteiger partial charge in [0.05, 0.1) is 18.9 Å². The van der Waals surface area contributed by atoms with Crippen LogP contribution >= 0.6 is 0 Å². The Morgan fingerprint density at radius 3 is 2.59 bits per heavy atom. The number of hydrogen-bond donors (Lipinski definition) is 1. The summed E-state index contributed by atoms with van der Waals surface area (Å²) in [5.74, 6) is 0.592. The second kappa shape index (κ2) is 7.56. The highest BCUT2D eigenvalue weighted by Gasteiger charge is 2.12. The summed E-state index contributed by atoms with van der Waals surface area (Å²) in [4.78, 5) is 11.5.